The first-order valence-corrected chi connectivity index (χ1v) is 9.70. The lowest BCUT2D eigenvalue weighted by atomic mass is 9.99. The molecule has 11 heavy (non-hydrogen) atoms. The Morgan fingerprint density at radius 2 is 1.73 bits per heavy atom. The van der Waals surface area contributed by atoms with E-state index < -0.39 is 0 Å². The highest BCUT2D eigenvalue weighted by Crippen LogP contribution is 2.13. The normalized spacial score (nSPS) is 14.4. The lowest BCUT2D eigenvalue weighted by Crippen LogP contribution is -2.16. The zero-order valence-electron chi connectivity index (χ0n) is 7.53. The van der Waals surface area contributed by atoms with Gasteiger partial charge in [-0.2, -0.15) is 0 Å². The molecule has 0 saturated heterocycles. The second kappa shape index (κ2) is 9.25. The van der Waals surface area contributed by atoms with Crippen LogP contribution in [0.25, 0.3) is 0 Å². The standard InChI is InChI=1S/C8H16O.I2/c1-6(2)7(3)8(4)9-5;1-2/h7-8H,1H2,2-5H3;. The minimum atomic E-state index is 0.294. The Morgan fingerprint density at radius 3 is 1.82 bits per heavy atom. The van der Waals surface area contributed by atoms with Crippen LogP contribution in [0.2, 0.25) is 0 Å². The third-order valence-electron chi connectivity index (χ3n) is 1.85. The van der Waals surface area contributed by atoms with Gasteiger partial charge in [0.15, 0.2) is 0 Å². The van der Waals surface area contributed by atoms with Crippen LogP contribution in [0.5, 0.6) is 0 Å². The molecule has 0 bridgehead atoms. The van der Waals surface area contributed by atoms with Crippen molar-refractivity contribution in [2.24, 2.45) is 5.92 Å². The third kappa shape index (κ3) is 7.52. The monoisotopic (exact) mass is 382 g/mol. The molecule has 0 rings (SSSR count). The first kappa shape index (κ1) is 14.7. The number of halogens is 2. The summed E-state index contributed by atoms with van der Waals surface area (Å²) in [5.74, 6) is 0.468. The third-order valence-corrected chi connectivity index (χ3v) is 1.85. The Morgan fingerprint density at radius 1 is 1.36 bits per heavy atom. The number of rotatable bonds is 3. The van der Waals surface area contributed by atoms with Crippen molar-refractivity contribution >= 4 is 37.2 Å². The fourth-order valence-corrected chi connectivity index (χ4v) is 0.605. The Kier molecular flexibility index (Phi) is 12.3. The van der Waals surface area contributed by atoms with Gasteiger partial charge in [0, 0.05) is 50.3 Å². The molecule has 0 aliphatic heterocycles. The van der Waals surface area contributed by atoms with Crippen LogP contribution < -0.4 is 0 Å². The van der Waals surface area contributed by atoms with Crippen LogP contribution in [-0.4, -0.2) is 13.2 Å². The predicted molar refractivity (Wildman–Crippen MR) is 68.5 cm³/mol. The van der Waals surface area contributed by atoms with E-state index in [0.717, 1.165) is 0 Å². The van der Waals surface area contributed by atoms with E-state index in [1.807, 2.05) is 6.92 Å². The maximum atomic E-state index is 5.11. The molecule has 0 aromatic carbocycles. The van der Waals surface area contributed by atoms with Crippen molar-refractivity contribution in [1.82, 2.24) is 0 Å². The van der Waals surface area contributed by atoms with Crippen LogP contribution in [0.3, 0.4) is 0 Å². The summed E-state index contributed by atoms with van der Waals surface area (Å²) in [6.45, 7) is 10.0. The highest BCUT2D eigenvalue weighted by Gasteiger charge is 2.10. The summed E-state index contributed by atoms with van der Waals surface area (Å²) in [6.07, 6.45) is 0.294. The summed E-state index contributed by atoms with van der Waals surface area (Å²) in [5.41, 5.74) is 1.18. The van der Waals surface area contributed by atoms with E-state index in [1.165, 1.54) is 5.57 Å². The van der Waals surface area contributed by atoms with Gasteiger partial charge in [-0.05, 0) is 13.8 Å². The second-order valence-electron chi connectivity index (χ2n) is 2.58. The van der Waals surface area contributed by atoms with Gasteiger partial charge in [-0.3, -0.25) is 0 Å². The summed E-state index contributed by atoms with van der Waals surface area (Å²) < 4.78 is 5.11. The summed E-state index contributed by atoms with van der Waals surface area (Å²) in [5, 5.41) is 0. The highest BCUT2D eigenvalue weighted by atomic mass is 128. The Hall–Kier alpha value is 1.16. The average Bonchev–Trinajstić information content (AvgIpc) is 2.05. The van der Waals surface area contributed by atoms with E-state index >= 15 is 0 Å². The van der Waals surface area contributed by atoms with E-state index in [4.69, 9.17) is 4.74 Å². The molecule has 0 aliphatic carbocycles. The predicted octanol–water partition coefficient (Wildman–Crippen LogP) is 4.00. The molecule has 0 fully saturated rings. The Balaban J connectivity index is 0. The van der Waals surface area contributed by atoms with Crippen molar-refractivity contribution in [1.29, 1.82) is 0 Å². The van der Waals surface area contributed by atoms with Gasteiger partial charge in [-0.1, -0.05) is 19.1 Å². The summed E-state index contributed by atoms with van der Waals surface area (Å²) in [7, 11) is 1.73. The maximum Gasteiger partial charge on any atom is 0.0605 e. The number of ether oxygens (including phenoxy) is 1. The summed E-state index contributed by atoms with van der Waals surface area (Å²) in [4.78, 5) is 0. The molecule has 3 heteroatoms. The zero-order valence-corrected chi connectivity index (χ0v) is 11.8. The Bertz CT molecular complexity index is 104. The van der Waals surface area contributed by atoms with E-state index in [1.54, 1.807) is 7.11 Å². The fourth-order valence-electron chi connectivity index (χ4n) is 0.605. The zero-order chi connectivity index (χ0) is 9.44. The summed E-state index contributed by atoms with van der Waals surface area (Å²) in [6, 6.07) is 0. The van der Waals surface area contributed by atoms with Gasteiger partial charge in [0.05, 0.1) is 6.10 Å². The molecular formula is C8H16I2O. The van der Waals surface area contributed by atoms with Crippen molar-refractivity contribution < 1.29 is 4.74 Å². The molecule has 0 aromatic rings. The van der Waals surface area contributed by atoms with Gasteiger partial charge in [-0.15, -0.1) is 0 Å². The summed E-state index contributed by atoms with van der Waals surface area (Å²) >= 11 is 4.24. The highest BCUT2D eigenvalue weighted by molar-refractivity contribution is 15.0. The fraction of sp³-hybridized carbons (Fsp3) is 0.750. The van der Waals surface area contributed by atoms with E-state index in [9.17, 15) is 0 Å². The lowest BCUT2D eigenvalue weighted by Gasteiger charge is -2.17. The van der Waals surface area contributed by atoms with Gasteiger partial charge in [-0.25, -0.2) is 0 Å². The molecule has 0 N–H and O–H groups in total. The van der Waals surface area contributed by atoms with Gasteiger partial charge in [0.25, 0.3) is 0 Å². The molecule has 0 amide bonds. The smallest absolute Gasteiger partial charge is 0.0605 e. The van der Waals surface area contributed by atoms with Crippen LogP contribution in [-0.2, 0) is 4.74 Å². The van der Waals surface area contributed by atoms with Gasteiger partial charge < -0.3 is 4.74 Å². The van der Waals surface area contributed by atoms with Crippen molar-refractivity contribution in [3.8, 4) is 0 Å². The molecule has 0 saturated carbocycles. The van der Waals surface area contributed by atoms with Crippen molar-refractivity contribution in [3.05, 3.63) is 12.2 Å². The molecule has 2 unspecified atom stereocenters. The molecule has 0 aromatic heterocycles. The van der Waals surface area contributed by atoms with Crippen LogP contribution in [0.1, 0.15) is 20.8 Å². The van der Waals surface area contributed by atoms with Crippen LogP contribution in [0.4, 0.5) is 0 Å². The lowest BCUT2D eigenvalue weighted by molar-refractivity contribution is 0.0863. The molecule has 0 spiro atoms. The number of methoxy groups -OCH3 is 1. The molecule has 0 heterocycles. The average molecular weight is 382 g/mol. The quantitative estimate of drug-likeness (QED) is 0.530. The Labute approximate surface area is 93.3 Å². The number of hydrogen-bond donors (Lipinski definition) is 0. The molecule has 0 radical (unpaired) electrons. The van der Waals surface area contributed by atoms with Gasteiger partial charge in [0.1, 0.15) is 0 Å². The van der Waals surface area contributed by atoms with Crippen molar-refractivity contribution in [2.75, 3.05) is 7.11 Å². The SMILES string of the molecule is C=C(C)C(C)C(C)OC.II. The van der Waals surface area contributed by atoms with E-state index in [-0.39, 0.29) is 0 Å². The van der Waals surface area contributed by atoms with Crippen LogP contribution in [0, 0.1) is 5.92 Å². The first-order chi connectivity index (χ1) is 5.09. The molecule has 0 aliphatic rings. The van der Waals surface area contributed by atoms with Gasteiger partial charge >= 0.3 is 0 Å². The molecule has 68 valence electrons. The van der Waals surface area contributed by atoms with E-state index in [2.05, 4.69) is 57.7 Å². The van der Waals surface area contributed by atoms with Crippen LogP contribution >= 0.6 is 37.2 Å². The number of hydrogen-bond acceptors (Lipinski definition) is 1. The second-order valence-corrected chi connectivity index (χ2v) is 2.58. The van der Waals surface area contributed by atoms with Gasteiger partial charge in [0.2, 0.25) is 0 Å². The maximum absolute atomic E-state index is 5.11. The van der Waals surface area contributed by atoms with Crippen molar-refractivity contribution in [2.45, 2.75) is 26.9 Å². The molecule has 2 atom stereocenters. The molecular weight excluding hydrogens is 366 g/mol. The first-order valence-electron chi connectivity index (χ1n) is 3.42. The van der Waals surface area contributed by atoms with Crippen LogP contribution in [0.15, 0.2) is 12.2 Å². The van der Waals surface area contributed by atoms with Crippen molar-refractivity contribution in [3.63, 3.8) is 0 Å². The topological polar surface area (TPSA) is 9.23 Å². The molecule has 1 nitrogen and oxygen atoms in total. The minimum Gasteiger partial charge on any atom is -0.381 e. The largest absolute Gasteiger partial charge is 0.381 e. The minimum absolute atomic E-state index is 0.294. The van der Waals surface area contributed by atoms with E-state index in [0.29, 0.717) is 12.0 Å².